The Kier molecular flexibility index (Phi) is 7.43. The molecule has 3 rings (SSSR count). The number of carbonyl (C=O) groups is 1. The van der Waals surface area contributed by atoms with Crippen molar-refractivity contribution < 1.29 is 23.7 Å². The summed E-state index contributed by atoms with van der Waals surface area (Å²) in [6.07, 6.45) is 1.47. The summed E-state index contributed by atoms with van der Waals surface area (Å²) in [4.78, 5) is 24.3. The summed E-state index contributed by atoms with van der Waals surface area (Å²) in [5.41, 5.74) is 0.943. The van der Waals surface area contributed by atoms with Crippen molar-refractivity contribution in [2.24, 2.45) is 0 Å². The summed E-state index contributed by atoms with van der Waals surface area (Å²) in [7, 11) is 0. The van der Waals surface area contributed by atoms with Crippen LogP contribution in [-0.4, -0.2) is 29.2 Å². The number of benzene rings is 2. The topological polar surface area (TPSA) is 117 Å². The number of rotatable bonds is 10. The van der Waals surface area contributed by atoms with Crippen molar-refractivity contribution in [1.29, 1.82) is 0 Å². The van der Waals surface area contributed by atoms with Gasteiger partial charge in [-0.2, -0.15) is 0 Å². The maximum absolute atomic E-state index is 13.1. The average Bonchev–Trinajstić information content (AvgIpc) is 3.18. The van der Waals surface area contributed by atoms with E-state index in [9.17, 15) is 14.9 Å². The van der Waals surface area contributed by atoms with Gasteiger partial charge >= 0.3 is 0 Å². The Morgan fingerprint density at radius 3 is 2.31 bits per heavy atom. The molecule has 1 N–H and O–H groups in total. The highest BCUT2D eigenvalue weighted by Gasteiger charge is 2.26. The van der Waals surface area contributed by atoms with Crippen molar-refractivity contribution >= 4 is 17.3 Å². The fourth-order valence-corrected chi connectivity index (χ4v) is 3.07. The van der Waals surface area contributed by atoms with E-state index in [0.717, 1.165) is 12.8 Å². The summed E-state index contributed by atoms with van der Waals surface area (Å²) < 4.78 is 16.6. The lowest BCUT2D eigenvalue weighted by atomic mass is 10.1. The largest absolute Gasteiger partial charge is 0.490 e. The Labute approximate surface area is 185 Å². The zero-order valence-electron chi connectivity index (χ0n) is 18.2. The third-order valence-electron chi connectivity index (χ3n) is 4.57. The lowest BCUT2D eigenvalue weighted by Crippen LogP contribution is -2.15. The third kappa shape index (κ3) is 5.05. The average molecular weight is 439 g/mol. The van der Waals surface area contributed by atoms with E-state index in [2.05, 4.69) is 10.5 Å². The molecule has 0 saturated heterocycles. The molecular weight excluding hydrogens is 414 g/mol. The lowest BCUT2D eigenvalue weighted by molar-refractivity contribution is -0.384. The second kappa shape index (κ2) is 10.4. The first kappa shape index (κ1) is 22.8. The number of ether oxygens (including phenoxy) is 2. The van der Waals surface area contributed by atoms with E-state index in [0.29, 0.717) is 36.0 Å². The van der Waals surface area contributed by atoms with Crippen LogP contribution in [-0.2, 0) is 0 Å². The van der Waals surface area contributed by atoms with E-state index < -0.39 is 10.8 Å². The number of amides is 1. The highest BCUT2D eigenvalue weighted by Crippen LogP contribution is 2.39. The first-order valence-corrected chi connectivity index (χ1v) is 10.4. The number of carbonyl (C=O) groups excluding carboxylic acids is 1. The number of anilines is 1. The Balaban J connectivity index is 2.00. The molecule has 168 valence electrons. The van der Waals surface area contributed by atoms with Crippen LogP contribution >= 0.6 is 0 Å². The van der Waals surface area contributed by atoms with Gasteiger partial charge < -0.3 is 19.3 Å². The SMILES string of the molecule is CCCOc1cc(NC(=O)c2c(-c3ccccc3)noc2C)c([N+](=O)[O-])cc1OCCC. The van der Waals surface area contributed by atoms with Gasteiger partial charge in [0.15, 0.2) is 11.5 Å². The van der Waals surface area contributed by atoms with Gasteiger partial charge in [0.1, 0.15) is 22.7 Å². The standard InChI is InChI=1S/C23H25N3O6/c1-4-11-30-19-13-17(18(26(28)29)14-20(19)31-12-5-2)24-23(27)21-15(3)32-25-22(21)16-9-7-6-8-10-16/h6-10,13-14H,4-5,11-12H2,1-3H3,(H,24,27). The zero-order valence-corrected chi connectivity index (χ0v) is 18.2. The number of nitro benzene ring substituents is 1. The fraction of sp³-hybridized carbons (Fsp3) is 0.304. The molecular formula is C23H25N3O6. The smallest absolute Gasteiger partial charge is 0.296 e. The minimum Gasteiger partial charge on any atom is -0.490 e. The third-order valence-corrected chi connectivity index (χ3v) is 4.57. The van der Waals surface area contributed by atoms with E-state index in [1.165, 1.54) is 12.1 Å². The van der Waals surface area contributed by atoms with E-state index in [1.54, 1.807) is 19.1 Å². The van der Waals surface area contributed by atoms with Crippen LogP contribution in [0.2, 0.25) is 0 Å². The van der Waals surface area contributed by atoms with Crippen LogP contribution in [0.4, 0.5) is 11.4 Å². The molecule has 9 heteroatoms. The van der Waals surface area contributed by atoms with Crippen molar-refractivity contribution in [3.05, 3.63) is 63.9 Å². The van der Waals surface area contributed by atoms with Crippen molar-refractivity contribution in [1.82, 2.24) is 5.16 Å². The number of nitro groups is 1. The quantitative estimate of drug-likeness (QED) is 0.332. The number of hydrogen-bond donors (Lipinski definition) is 1. The van der Waals surface area contributed by atoms with Gasteiger partial charge in [-0.15, -0.1) is 0 Å². The highest BCUT2D eigenvalue weighted by atomic mass is 16.6. The fourth-order valence-electron chi connectivity index (χ4n) is 3.07. The van der Waals surface area contributed by atoms with Crippen LogP contribution in [0.1, 0.15) is 42.8 Å². The van der Waals surface area contributed by atoms with Gasteiger partial charge in [0, 0.05) is 11.6 Å². The summed E-state index contributed by atoms with van der Waals surface area (Å²) in [5.74, 6) is 0.311. The van der Waals surface area contributed by atoms with Gasteiger partial charge in [-0.1, -0.05) is 49.3 Å². The van der Waals surface area contributed by atoms with Crippen molar-refractivity contribution in [2.75, 3.05) is 18.5 Å². The predicted octanol–water partition coefficient (Wildman–Crippen LogP) is 5.39. The maximum Gasteiger partial charge on any atom is 0.296 e. The van der Waals surface area contributed by atoms with Gasteiger partial charge in [-0.25, -0.2) is 0 Å². The van der Waals surface area contributed by atoms with Crippen LogP contribution in [0.25, 0.3) is 11.3 Å². The van der Waals surface area contributed by atoms with E-state index in [4.69, 9.17) is 14.0 Å². The molecule has 0 atom stereocenters. The number of aryl methyl sites for hydroxylation is 1. The minimum atomic E-state index is -0.575. The molecule has 0 aliphatic carbocycles. The lowest BCUT2D eigenvalue weighted by Gasteiger charge is -2.14. The molecule has 0 unspecified atom stereocenters. The molecule has 0 aliphatic rings. The van der Waals surface area contributed by atoms with Crippen LogP contribution in [0.15, 0.2) is 47.0 Å². The first-order chi connectivity index (χ1) is 15.5. The second-order valence-electron chi connectivity index (χ2n) is 7.05. The van der Waals surface area contributed by atoms with Crippen LogP contribution in [0.5, 0.6) is 11.5 Å². The molecule has 0 saturated carbocycles. The molecule has 3 aromatic rings. The summed E-state index contributed by atoms with van der Waals surface area (Å²) in [6.45, 7) is 6.27. The van der Waals surface area contributed by atoms with Crippen molar-refractivity contribution in [3.8, 4) is 22.8 Å². The Hall–Kier alpha value is -3.88. The molecule has 0 spiro atoms. The molecule has 0 fully saturated rings. The Morgan fingerprint density at radius 2 is 1.72 bits per heavy atom. The number of aromatic nitrogens is 1. The van der Waals surface area contributed by atoms with Gasteiger partial charge in [-0.3, -0.25) is 14.9 Å². The molecule has 0 bridgehead atoms. The van der Waals surface area contributed by atoms with Crippen LogP contribution in [0.3, 0.4) is 0 Å². The number of nitrogens with zero attached hydrogens (tertiary/aromatic N) is 2. The molecule has 1 amide bonds. The molecule has 9 nitrogen and oxygen atoms in total. The van der Waals surface area contributed by atoms with Gasteiger partial charge in [0.05, 0.1) is 24.2 Å². The molecule has 32 heavy (non-hydrogen) atoms. The number of nitrogens with one attached hydrogen (secondary N) is 1. The normalized spacial score (nSPS) is 10.6. The predicted molar refractivity (Wildman–Crippen MR) is 119 cm³/mol. The first-order valence-electron chi connectivity index (χ1n) is 10.4. The monoisotopic (exact) mass is 439 g/mol. The van der Waals surface area contributed by atoms with Crippen molar-refractivity contribution in [3.63, 3.8) is 0 Å². The molecule has 1 aromatic heterocycles. The highest BCUT2D eigenvalue weighted by molar-refractivity contribution is 6.09. The maximum atomic E-state index is 13.1. The van der Waals surface area contributed by atoms with Crippen LogP contribution in [0, 0.1) is 17.0 Å². The Morgan fingerprint density at radius 1 is 1.09 bits per heavy atom. The van der Waals surface area contributed by atoms with Crippen LogP contribution < -0.4 is 14.8 Å². The van der Waals surface area contributed by atoms with Crippen molar-refractivity contribution in [2.45, 2.75) is 33.6 Å². The van der Waals surface area contributed by atoms with Gasteiger partial charge in [0.25, 0.3) is 11.6 Å². The molecule has 1 heterocycles. The zero-order chi connectivity index (χ0) is 23.1. The van der Waals surface area contributed by atoms with Gasteiger partial charge in [-0.05, 0) is 19.8 Å². The van der Waals surface area contributed by atoms with E-state index >= 15 is 0 Å². The molecule has 2 aromatic carbocycles. The summed E-state index contributed by atoms with van der Waals surface area (Å²) in [6, 6.07) is 11.8. The number of hydrogen-bond acceptors (Lipinski definition) is 7. The van der Waals surface area contributed by atoms with Gasteiger partial charge in [0.2, 0.25) is 0 Å². The van der Waals surface area contributed by atoms with E-state index in [1.807, 2.05) is 32.0 Å². The molecule has 0 radical (unpaired) electrons. The Bertz CT molecular complexity index is 1090. The summed E-state index contributed by atoms with van der Waals surface area (Å²) >= 11 is 0. The molecule has 0 aliphatic heterocycles. The second-order valence-corrected chi connectivity index (χ2v) is 7.05. The minimum absolute atomic E-state index is 0.00503. The summed E-state index contributed by atoms with van der Waals surface area (Å²) in [5, 5.41) is 18.4. The van der Waals surface area contributed by atoms with E-state index in [-0.39, 0.29) is 22.7 Å².